The van der Waals surface area contributed by atoms with E-state index in [4.69, 9.17) is 43.0 Å². The van der Waals surface area contributed by atoms with Crippen LogP contribution in [-0.4, -0.2) is 164 Å². The van der Waals surface area contributed by atoms with Crippen molar-refractivity contribution < 1.29 is 87.8 Å². The number of nitrogens with zero attached hydrogens (tertiary/aromatic N) is 15. The average Bonchev–Trinajstić information content (AvgIpc) is 1.60. The molecule has 14 heterocycles. The van der Waals surface area contributed by atoms with Gasteiger partial charge in [0.2, 0.25) is 0 Å². The van der Waals surface area contributed by atoms with Crippen molar-refractivity contribution in [2.24, 2.45) is 0 Å². The monoisotopic (exact) mass is 1990 g/mol. The number of nitrogens with one attached hydrogen (secondary N) is 4. The Balaban J connectivity index is 0.000000307. The van der Waals surface area contributed by atoms with Gasteiger partial charge in [0.25, 0.3) is 0 Å². The molecule has 38 heteroatoms. The summed E-state index contributed by atoms with van der Waals surface area (Å²) in [4.78, 5) is 69.6. The van der Waals surface area contributed by atoms with E-state index in [0.29, 0.717) is 66.8 Å². The van der Waals surface area contributed by atoms with Gasteiger partial charge in [-0.05, 0) is 112 Å². The molecule has 0 bridgehead atoms. The summed E-state index contributed by atoms with van der Waals surface area (Å²) in [6.45, 7) is 33.6. The molecule has 14 rings (SSSR count). The number of aliphatic hydroxyl groups is 1. The molecule has 14 aromatic heterocycles. The molecule has 14 aromatic rings. The molecule has 0 radical (unpaired) electrons. The quantitative estimate of drug-likeness (QED) is 0.0195. The van der Waals surface area contributed by atoms with Gasteiger partial charge >= 0.3 is 12.2 Å². The minimum Gasteiger partial charge on any atom is -1.00 e. The Bertz CT molecular complexity index is 6380. The van der Waals surface area contributed by atoms with Crippen LogP contribution in [0.2, 0.25) is 39.3 Å². The second-order valence-electron chi connectivity index (χ2n) is 35.4. The minimum absolute atomic E-state index is 0. The number of hydrogen-bond donors (Lipinski definition) is 7. The summed E-state index contributed by atoms with van der Waals surface area (Å²) in [6.07, 6.45) is 23.6. The number of nitrogens with two attached hydrogens (primary N) is 2. The summed E-state index contributed by atoms with van der Waals surface area (Å²) in [6, 6.07) is 18.6. The van der Waals surface area contributed by atoms with Crippen LogP contribution in [-0.2, 0) is 40.8 Å². The molecule has 0 aliphatic rings. The third-order valence-electron chi connectivity index (χ3n) is 15.8. The number of terminal acetylenes is 1. The third-order valence-corrected chi connectivity index (χ3v) is 18.2. The smallest absolute Gasteiger partial charge is 0.419 e. The fraction of sp³-hybridized carbons (Fsp3) is 0.330. The summed E-state index contributed by atoms with van der Waals surface area (Å²) in [7, 11) is 7.79. The van der Waals surface area contributed by atoms with E-state index in [9.17, 15) is 50.0 Å². The number of ether oxygens (including phenoxy) is 2. The zero-order chi connectivity index (χ0) is 96.4. The van der Waals surface area contributed by atoms with Crippen LogP contribution in [0.4, 0.5) is 56.1 Å². The van der Waals surface area contributed by atoms with Crippen molar-refractivity contribution in [2.75, 3.05) is 46.7 Å². The summed E-state index contributed by atoms with van der Waals surface area (Å²) >= 11 is 3.03. The van der Waals surface area contributed by atoms with Gasteiger partial charge < -0.3 is 79.3 Å². The Morgan fingerprint density at radius 2 is 0.899 bits per heavy atom. The minimum atomic E-state index is -1.43. The highest BCUT2D eigenvalue weighted by Gasteiger charge is 2.30. The molecule has 0 amide bonds. The summed E-state index contributed by atoms with van der Waals surface area (Å²) < 4.78 is 117. The van der Waals surface area contributed by atoms with Crippen molar-refractivity contribution in [1.29, 1.82) is 15.8 Å². The molecule has 0 saturated heterocycles. The Hall–Kier alpha value is -12.5. The van der Waals surface area contributed by atoms with Crippen LogP contribution < -0.4 is 35.4 Å². The normalized spacial score (nSPS) is 11.1. The highest BCUT2D eigenvalue weighted by atomic mass is 127. The Labute approximate surface area is 772 Å². The van der Waals surface area contributed by atoms with Crippen LogP contribution >= 0.6 is 15.9 Å². The zero-order valence-electron chi connectivity index (χ0n) is 75.9. The first-order valence-corrected chi connectivity index (χ1v) is 47.1. The highest BCUT2D eigenvalue weighted by Crippen LogP contribution is 2.32. The predicted molar refractivity (Wildman–Crippen MR) is 493 cm³/mol. The van der Waals surface area contributed by atoms with Crippen molar-refractivity contribution >= 4 is 122 Å². The molecule has 129 heavy (non-hydrogen) atoms. The van der Waals surface area contributed by atoms with E-state index in [1.54, 1.807) is 94.6 Å². The maximum atomic E-state index is 13.5. The summed E-state index contributed by atoms with van der Waals surface area (Å²) in [5, 5.41) is 35.1. The van der Waals surface area contributed by atoms with Crippen molar-refractivity contribution in [3.63, 3.8) is 0 Å². The Kier molecular flexibility index (Phi) is 40.1. The van der Waals surface area contributed by atoms with Gasteiger partial charge in [-0.15, -0.1) is 17.5 Å². The van der Waals surface area contributed by atoms with E-state index in [2.05, 4.69) is 159 Å². The number of halogens is 10. The molecule has 0 aromatic carbocycles. The van der Waals surface area contributed by atoms with Crippen LogP contribution in [0.15, 0.2) is 146 Å². The number of anilines is 2. The Morgan fingerprint density at radius 3 is 1.32 bits per heavy atom. The lowest BCUT2D eigenvalue weighted by molar-refractivity contribution is -0.883. The van der Waals surface area contributed by atoms with Crippen molar-refractivity contribution in [3.8, 4) is 41.6 Å². The number of rotatable bonds is 7. The number of pyridine rings is 8. The Morgan fingerprint density at radius 1 is 0.527 bits per heavy atom. The van der Waals surface area contributed by atoms with Crippen molar-refractivity contribution in [1.82, 2.24) is 73.8 Å². The number of quaternary nitrogens is 1. The van der Waals surface area contributed by atoms with Gasteiger partial charge in [-0.2, -0.15) is 15.8 Å². The maximum absolute atomic E-state index is 13.5. The van der Waals surface area contributed by atoms with Crippen LogP contribution in [0.1, 0.15) is 110 Å². The van der Waals surface area contributed by atoms with E-state index in [-0.39, 0.29) is 59.2 Å². The number of hydrogen-bond acceptors (Lipinski definition) is 19. The largest absolute Gasteiger partial charge is 1.00 e. The van der Waals surface area contributed by atoms with Gasteiger partial charge in [0.15, 0.2) is 0 Å². The first-order valence-electron chi connectivity index (χ1n) is 39.3. The van der Waals surface area contributed by atoms with Gasteiger partial charge in [-0.25, -0.2) is 54.7 Å². The molecule has 0 aliphatic heterocycles. The topological polar surface area (TPSA) is 376 Å². The standard InChI is InChI=1S/C16H18FN3O2.C14H14FN3O2.C11H15FN3.C10H12FN3.C10H13FN2Si.C9H6FN3.C7H5FN2.C5H4BrFN2.C5H10Si.C4H10O.HI/c1-15(2,3)22-14(21)20-8-11(16(4,5)9-18)13-12(20)6-10(17)7-19-13;1-14(2,3)20-13(19)18-8-9(4-5-16)12-11(18)6-10(15)7-17-12;1-15(2,3)7-8-5-13-10-4-9(12)6-14-11(8)10;1-14(2)6-7-4-12-9-3-8(11)5-13-10(7)9;1-14(2,3)5-4-10-9(12)6-8(11)7-13-10;10-7-3-8-9(13-5-7)6(1-2-11)4-12-8;8-5-3-7-6(10-4-5)1-2-9-7;6-5-4(8)1-3(7)2-9-5;1-5-6(2,3)4;1-4(2,3)5;/h6-8H,1-5H3;6-8H,4H2,1-3H3;4-6,13H,7H2,1-3H3;3-5,12H,6H2,1-2H3;6-7H,12H2,1-3H3;3-5,12H,1H2;1-4,9H;1-2H,8H2;1H,2-4H3;5H,1-3H3;1H/q;;+1;;;;;;;;/p-1. The third kappa shape index (κ3) is 37.4. The van der Waals surface area contributed by atoms with Gasteiger partial charge in [0, 0.05) is 115 Å². The van der Waals surface area contributed by atoms with E-state index in [1.165, 1.54) is 88.6 Å². The van der Waals surface area contributed by atoms with E-state index < -0.39 is 73.8 Å². The van der Waals surface area contributed by atoms with Crippen LogP contribution in [0.3, 0.4) is 0 Å². The predicted octanol–water partition coefficient (Wildman–Crippen LogP) is 16.8. The van der Waals surface area contributed by atoms with E-state index in [0.717, 1.165) is 98.3 Å². The highest BCUT2D eigenvalue weighted by molar-refractivity contribution is 9.10. The number of carbonyl (C=O) groups is 2. The molecule has 0 atom stereocenters. The molecule has 0 fully saturated rings. The number of fused-ring (bicyclic) bond motifs is 6. The molecule has 0 aliphatic carbocycles. The number of aromatic amines is 4. The van der Waals surface area contributed by atoms with Crippen molar-refractivity contribution in [3.05, 3.63) is 226 Å². The molecule has 0 spiro atoms. The number of aromatic nitrogens is 14. The molecular weight excluding hydrogens is 1880 g/mol. The van der Waals surface area contributed by atoms with Crippen LogP contribution in [0.5, 0.6) is 0 Å². The fourth-order valence-corrected chi connectivity index (χ4v) is 11.2. The first-order chi connectivity index (χ1) is 59.3. The van der Waals surface area contributed by atoms with Gasteiger partial charge in [0.1, 0.15) is 90.7 Å². The van der Waals surface area contributed by atoms with Crippen LogP contribution in [0.25, 0.3) is 66.2 Å². The van der Waals surface area contributed by atoms with E-state index in [1.807, 2.05) is 43.5 Å². The van der Waals surface area contributed by atoms with Crippen molar-refractivity contribution in [2.45, 2.75) is 164 Å². The second-order valence-corrected chi connectivity index (χ2v) is 45.7. The van der Waals surface area contributed by atoms with Crippen LogP contribution in [0, 0.1) is 104 Å². The fourth-order valence-electron chi connectivity index (χ4n) is 10.5. The summed E-state index contributed by atoms with van der Waals surface area (Å²) in [5.74, 6) is -0.373. The average molecular weight is 1990 g/mol. The molecular formula is C91H107BrF8IN21O5Si2. The number of nitriles is 3. The molecule has 26 nitrogen and oxygen atoms in total. The number of carbonyl (C=O) groups excluding carboxylic acids is 2. The second kappa shape index (κ2) is 47.5. The lowest BCUT2D eigenvalue weighted by Gasteiger charge is -2.23. The van der Waals surface area contributed by atoms with Gasteiger partial charge in [0.05, 0.1) is 196 Å². The van der Waals surface area contributed by atoms with E-state index >= 15 is 0 Å². The SMILES string of the molecule is C#C[Si](C)(C)C.CC(C)(C)O.CC(C)(C)OC(=O)n1cc(C(C)(C)C#N)c2ncc(F)cc21.CC(C)(C)OC(=O)n1cc(CC#N)c2ncc(F)cc21.CN(C)Cc1c[nH]c2cc(F)cnc12.C[N+](C)(C)Cc1c[nH]c2cc(F)cnc12.C[Si](C)(C)C#Cc1ncc(F)cc1N.Fc1cnc2cc[nH]c2c1.N#CCc1c[nH]c2cc(F)cnc12.Nc1cc(F)cnc1Br.[I-]. The lowest BCUT2D eigenvalue weighted by atomic mass is 9.87. The molecule has 0 unspecified atom stereocenters. The summed E-state index contributed by atoms with van der Waals surface area (Å²) in [5.41, 5.74) is 26.7. The maximum Gasteiger partial charge on any atom is 0.419 e. The number of nitrogen functional groups attached to an aromatic ring is 2. The van der Waals surface area contributed by atoms with Gasteiger partial charge in [-0.3, -0.25) is 39.0 Å². The van der Waals surface area contributed by atoms with Gasteiger partial charge in [-0.1, -0.05) is 45.2 Å². The lowest BCUT2D eigenvalue weighted by Crippen LogP contribution is -3.00. The molecule has 9 N–H and O–H groups in total. The zero-order valence-corrected chi connectivity index (χ0v) is 81.7. The first kappa shape index (κ1) is 109. The molecule has 684 valence electrons. The molecule has 0 saturated carbocycles. The number of H-pyrrole nitrogens is 4.